The van der Waals surface area contributed by atoms with Gasteiger partial charge in [-0.25, -0.2) is 9.18 Å². The second-order valence-corrected chi connectivity index (χ2v) is 9.94. The third-order valence-corrected chi connectivity index (χ3v) is 7.25. The van der Waals surface area contributed by atoms with Crippen molar-refractivity contribution in [1.29, 1.82) is 0 Å². The van der Waals surface area contributed by atoms with Gasteiger partial charge in [-0.15, -0.1) is 0 Å². The van der Waals surface area contributed by atoms with Crippen molar-refractivity contribution in [1.82, 2.24) is 9.78 Å². The van der Waals surface area contributed by atoms with E-state index >= 15 is 0 Å². The fourth-order valence-corrected chi connectivity index (χ4v) is 5.18. The lowest BCUT2D eigenvalue weighted by Gasteiger charge is -2.13. The number of ether oxygens (including phenoxy) is 1. The number of carboxylic acids is 2. The number of carboxylic acid groups (broad SMARTS) is 2. The number of nitrogens with zero attached hydrogens (tertiary/aromatic N) is 2. The molecule has 3 aromatic carbocycles. The number of aromatic carboxylic acids is 1. The van der Waals surface area contributed by atoms with Gasteiger partial charge in [0.05, 0.1) is 23.5 Å². The van der Waals surface area contributed by atoms with Gasteiger partial charge in [-0.1, -0.05) is 44.0 Å². The van der Waals surface area contributed by atoms with E-state index < -0.39 is 17.8 Å². The SMILES string of the molecule is C[C@@H](CC(=O)O)c1ccc(OCc2ccc3c(-c4ccc(C(=O)O)cc4F)nn(C4CCCC4)c3c2)cc1. The quantitative estimate of drug-likeness (QED) is 0.253. The lowest BCUT2D eigenvalue weighted by Crippen LogP contribution is -2.07. The van der Waals surface area contributed by atoms with Crippen molar-refractivity contribution >= 4 is 22.8 Å². The van der Waals surface area contributed by atoms with Crippen molar-refractivity contribution in [2.75, 3.05) is 0 Å². The molecule has 38 heavy (non-hydrogen) atoms. The van der Waals surface area contributed by atoms with E-state index in [9.17, 15) is 19.1 Å². The van der Waals surface area contributed by atoms with E-state index in [1.807, 2.05) is 54.1 Å². The van der Waals surface area contributed by atoms with Gasteiger partial charge in [-0.05, 0) is 66.3 Å². The lowest BCUT2D eigenvalue weighted by molar-refractivity contribution is -0.137. The van der Waals surface area contributed by atoms with Crippen LogP contribution in [0.15, 0.2) is 60.7 Å². The van der Waals surface area contributed by atoms with Gasteiger partial charge >= 0.3 is 11.9 Å². The Balaban J connectivity index is 1.42. The maximum Gasteiger partial charge on any atom is 0.335 e. The highest BCUT2D eigenvalue weighted by Gasteiger charge is 2.24. The van der Waals surface area contributed by atoms with Crippen LogP contribution >= 0.6 is 0 Å². The molecule has 7 nitrogen and oxygen atoms in total. The Morgan fingerprint density at radius 3 is 2.45 bits per heavy atom. The van der Waals surface area contributed by atoms with Gasteiger partial charge in [0.2, 0.25) is 0 Å². The van der Waals surface area contributed by atoms with Crippen LogP contribution in [-0.2, 0) is 11.4 Å². The molecule has 5 rings (SSSR count). The molecule has 1 atom stereocenters. The van der Waals surface area contributed by atoms with Gasteiger partial charge < -0.3 is 14.9 Å². The molecular formula is C30H29FN2O5. The fourth-order valence-electron chi connectivity index (χ4n) is 5.18. The van der Waals surface area contributed by atoms with Gasteiger partial charge in [0.1, 0.15) is 23.9 Å². The summed E-state index contributed by atoms with van der Waals surface area (Å²) in [5.74, 6) is -2.02. The number of aliphatic carboxylic acids is 1. The van der Waals surface area contributed by atoms with Crippen LogP contribution in [0, 0.1) is 5.82 Å². The number of halogens is 1. The van der Waals surface area contributed by atoms with E-state index in [4.69, 9.17) is 14.9 Å². The van der Waals surface area contributed by atoms with E-state index in [0.717, 1.165) is 53.8 Å². The molecule has 8 heteroatoms. The molecule has 1 aromatic heterocycles. The molecule has 1 aliphatic rings. The minimum atomic E-state index is -1.18. The topological polar surface area (TPSA) is 102 Å². The first-order valence-electron chi connectivity index (χ1n) is 12.8. The molecule has 0 spiro atoms. The summed E-state index contributed by atoms with van der Waals surface area (Å²) in [4.78, 5) is 22.2. The Morgan fingerprint density at radius 1 is 1.05 bits per heavy atom. The number of hydrogen-bond acceptors (Lipinski definition) is 4. The van der Waals surface area contributed by atoms with Gasteiger partial charge in [0, 0.05) is 10.9 Å². The number of benzene rings is 3. The molecule has 1 saturated carbocycles. The van der Waals surface area contributed by atoms with E-state index in [2.05, 4.69) is 0 Å². The van der Waals surface area contributed by atoms with Crippen molar-refractivity contribution < 1.29 is 28.9 Å². The Labute approximate surface area is 219 Å². The van der Waals surface area contributed by atoms with Crippen LogP contribution in [0.2, 0.25) is 0 Å². The predicted octanol–water partition coefficient (Wildman–Crippen LogP) is 6.81. The van der Waals surface area contributed by atoms with E-state index in [-0.39, 0.29) is 29.5 Å². The molecule has 0 aliphatic heterocycles. The highest BCUT2D eigenvalue weighted by Crippen LogP contribution is 2.37. The molecule has 196 valence electrons. The minimum Gasteiger partial charge on any atom is -0.489 e. The largest absolute Gasteiger partial charge is 0.489 e. The van der Waals surface area contributed by atoms with E-state index in [1.165, 1.54) is 12.1 Å². The highest BCUT2D eigenvalue weighted by atomic mass is 19.1. The molecule has 1 fully saturated rings. The van der Waals surface area contributed by atoms with E-state index in [0.29, 0.717) is 18.1 Å². The van der Waals surface area contributed by atoms with Crippen molar-refractivity contribution in [2.24, 2.45) is 0 Å². The van der Waals surface area contributed by atoms with Crippen molar-refractivity contribution in [3.63, 3.8) is 0 Å². The first-order chi connectivity index (χ1) is 18.3. The summed E-state index contributed by atoms with van der Waals surface area (Å²) in [6, 6.07) is 17.5. The molecule has 0 unspecified atom stereocenters. The van der Waals surface area contributed by atoms with E-state index in [1.54, 1.807) is 0 Å². The zero-order valence-corrected chi connectivity index (χ0v) is 21.1. The second-order valence-electron chi connectivity index (χ2n) is 9.94. The van der Waals surface area contributed by atoms with Crippen molar-refractivity contribution in [3.8, 4) is 17.0 Å². The molecule has 4 aromatic rings. The van der Waals surface area contributed by atoms with Crippen molar-refractivity contribution in [2.45, 2.75) is 57.6 Å². The molecule has 1 aliphatic carbocycles. The summed E-state index contributed by atoms with van der Waals surface area (Å²) in [5, 5.41) is 23.9. The Morgan fingerprint density at radius 2 is 1.79 bits per heavy atom. The van der Waals surface area contributed by atoms with Gasteiger partial charge in [-0.2, -0.15) is 5.10 Å². The average molecular weight is 517 g/mol. The average Bonchev–Trinajstić information content (AvgIpc) is 3.55. The maximum absolute atomic E-state index is 15.0. The monoisotopic (exact) mass is 516 g/mol. The minimum absolute atomic E-state index is 0.0739. The van der Waals surface area contributed by atoms with Crippen LogP contribution < -0.4 is 4.74 Å². The predicted molar refractivity (Wildman–Crippen MR) is 141 cm³/mol. The maximum atomic E-state index is 15.0. The second kappa shape index (κ2) is 10.7. The molecule has 2 N–H and O–H groups in total. The van der Waals surface area contributed by atoms with Crippen LogP contribution in [0.25, 0.3) is 22.2 Å². The zero-order valence-electron chi connectivity index (χ0n) is 21.1. The van der Waals surface area contributed by atoms with Crippen LogP contribution in [0.3, 0.4) is 0 Å². The molecule has 1 heterocycles. The lowest BCUT2D eigenvalue weighted by atomic mass is 9.98. The van der Waals surface area contributed by atoms with Crippen LogP contribution in [0.5, 0.6) is 5.75 Å². The smallest absolute Gasteiger partial charge is 0.335 e. The summed E-state index contributed by atoms with van der Waals surface area (Å²) in [5.41, 5.74) is 3.45. The first-order valence-corrected chi connectivity index (χ1v) is 12.8. The summed E-state index contributed by atoms with van der Waals surface area (Å²) < 4.78 is 23.0. The highest BCUT2D eigenvalue weighted by molar-refractivity contribution is 5.95. The van der Waals surface area contributed by atoms with Crippen LogP contribution in [-0.4, -0.2) is 31.9 Å². The molecule has 0 amide bonds. The number of fused-ring (bicyclic) bond motifs is 1. The summed E-state index contributed by atoms with van der Waals surface area (Å²) >= 11 is 0. The van der Waals surface area contributed by atoms with Crippen molar-refractivity contribution in [3.05, 3.63) is 83.2 Å². The molecule has 0 bridgehead atoms. The zero-order chi connectivity index (χ0) is 26.8. The van der Waals surface area contributed by atoms with Gasteiger partial charge in [0.25, 0.3) is 0 Å². The number of rotatable bonds is 9. The Hall–Kier alpha value is -4.20. The molecule has 0 radical (unpaired) electrons. The standard InChI is InChI=1S/C30H29FN2O5/c1-18(14-28(34)35)20-7-10-23(11-8-20)38-17-19-6-12-25-27(15-19)33(22-4-2-3-5-22)32-29(25)24-13-9-21(30(36)37)16-26(24)31/h6-13,15-16,18,22H,2-5,14,17H2,1H3,(H,34,35)(H,36,37)/t18-/m0/s1. The third kappa shape index (κ3) is 5.25. The molecule has 0 saturated heterocycles. The summed E-state index contributed by atoms with van der Waals surface area (Å²) in [7, 11) is 0. The van der Waals surface area contributed by atoms with Crippen LogP contribution in [0.4, 0.5) is 4.39 Å². The Kier molecular flexibility index (Phi) is 7.13. The normalized spacial score (nSPS) is 14.6. The Bertz CT molecular complexity index is 1490. The molecular weight excluding hydrogens is 487 g/mol. The summed E-state index contributed by atoms with van der Waals surface area (Å²) in [6.45, 7) is 2.21. The van der Waals surface area contributed by atoms with Gasteiger partial charge in [0.15, 0.2) is 0 Å². The number of carbonyl (C=O) groups is 2. The summed E-state index contributed by atoms with van der Waals surface area (Å²) in [6.07, 6.45) is 4.32. The third-order valence-electron chi connectivity index (χ3n) is 7.25. The van der Waals surface area contributed by atoms with Gasteiger partial charge in [-0.3, -0.25) is 9.48 Å². The fraction of sp³-hybridized carbons (Fsp3) is 0.300. The number of aromatic nitrogens is 2. The van der Waals surface area contributed by atoms with Crippen LogP contribution in [0.1, 0.15) is 72.5 Å². The first kappa shape index (κ1) is 25.4. The number of hydrogen-bond donors (Lipinski definition) is 2.